The molecule has 0 aromatic rings. The van der Waals surface area contributed by atoms with Crippen LogP contribution in [0, 0.1) is 12.3 Å². The van der Waals surface area contributed by atoms with E-state index in [0.717, 1.165) is 0 Å². The zero-order chi connectivity index (χ0) is 8.20. The van der Waals surface area contributed by atoms with Crippen molar-refractivity contribution in [3.8, 4) is 12.3 Å². The molecule has 0 saturated carbocycles. The smallest absolute Gasteiger partial charge is 0.181 e. The second-order valence-corrected chi connectivity index (χ2v) is 1.92. The molecule has 0 radical (unpaired) electrons. The molecule has 10 heavy (non-hydrogen) atoms. The van der Waals surface area contributed by atoms with Crippen LogP contribution in [0.1, 0.15) is 6.92 Å². The fourth-order valence-corrected chi connectivity index (χ4v) is 0.507. The van der Waals surface area contributed by atoms with E-state index in [2.05, 4.69) is 22.6 Å². The Kier molecular flexibility index (Phi) is 2.78. The first-order valence-corrected chi connectivity index (χ1v) is 2.72. The van der Waals surface area contributed by atoms with Gasteiger partial charge >= 0.3 is 0 Å². The van der Waals surface area contributed by atoms with Crippen LogP contribution in [0.15, 0.2) is 9.98 Å². The molecule has 1 atom stereocenters. The normalized spacial score (nSPS) is 17.2. The molecule has 0 saturated heterocycles. The first-order valence-electron chi connectivity index (χ1n) is 2.72. The highest BCUT2D eigenvalue weighted by atomic mass is 16.3. The van der Waals surface area contributed by atoms with Crippen LogP contribution in [-0.4, -0.2) is 30.3 Å². The van der Waals surface area contributed by atoms with Crippen molar-refractivity contribution in [1.29, 1.82) is 0 Å². The second-order valence-electron chi connectivity index (χ2n) is 1.92. The van der Waals surface area contributed by atoms with Gasteiger partial charge in [0.1, 0.15) is 0 Å². The summed E-state index contributed by atoms with van der Waals surface area (Å²) < 4.78 is 0. The third-order valence-corrected chi connectivity index (χ3v) is 1.08. The summed E-state index contributed by atoms with van der Waals surface area (Å²) in [5.41, 5.74) is -1.39. The van der Waals surface area contributed by atoms with Gasteiger partial charge in [-0.05, 0) is 13.6 Å². The fraction of sp³-hybridized carbons (Fsp3) is 0.429. The van der Waals surface area contributed by atoms with Gasteiger partial charge in [0.15, 0.2) is 11.4 Å². The Labute approximate surface area is 60.5 Å². The predicted molar refractivity (Wildman–Crippen MR) is 42.4 cm³/mol. The lowest BCUT2D eigenvalue weighted by molar-refractivity contribution is 0.193. The molecule has 0 fully saturated rings. The Morgan fingerprint density at radius 1 is 1.80 bits per heavy atom. The first-order chi connectivity index (χ1) is 4.58. The van der Waals surface area contributed by atoms with E-state index in [1.165, 1.54) is 14.0 Å². The lowest BCUT2D eigenvalue weighted by Gasteiger charge is -2.13. The second kappa shape index (κ2) is 3.14. The Bertz CT molecular complexity index is 198. The van der Waals surface area contributed by atoms with Crippen molar-refractivity contribution in [2.75, 3.05) is 7.05 Å². The van der Waals surface area contributed by atoms with Crippen LogP contribution >= 0.6 is 0 Å². The van der Waals surface area contributed by atoms with E-state index in [9.17, 15) is 5.11 Å². The average molecular weight is 138 g/mol. The molecule has 0 aliphatic heterocycles. The monoisotopic (exact) mass is 138 g/mol. The maximum absolute atomic E-state index is 9.28. The van der Waals surface area contributed by atoms with Crippen molar-refractivity contribution >= 4 is 12.6 Å². The number of nitrogens with zero attached hydrogens (tertiary/aromatic N) is 2. The zero-order valence-corrected chi connectivity index (χ0v) is 6.13. The molecule has 1 N–H and O–H groups in total. The molecular formula is C7H10N2O. The van der Waals surface area contributed by atoms with Crippen LogP contribution in [0.25, 0.3) is 0 Å². The topological polar surface area (TPSA) is 45.0 Å². The molecule has 0 aromatic carbocycles. The van der Waals surface area contributed by atoms with Gasteiger partial charge in [0, 0.05) is 7.05 Å². The number of aliphatic hydroxyl groups is 1. The van der Waals surface area contributed by atoms with Gasteiger partial charge in [-0.15, -0.1) is 6.42 Å². The van der Waals surface area contributed by atoms with Crippen LogP contribution in [0.4, 0.5) is 0 Å². The van der Waals surface area contributed by atoms with Crippen LogP contribution in [0.5, 0.6) is 0 Å². The first kappa shape index (κ1) is 8.86. The van der Waals surface area contributed by atoms with Crippen molar-refractivity contribution in [1.82, 2.24) is 0 Å². The average Bonchev–Trinajstić information content (AvgIpc) is 1.90. The molecule has 0 heterocycles. The maximum atomic E-state index is 9.28. The molecule has 0 aliphatic carbocycles. The Balaban J connectivity index is 4.64. The number of hydrogen-bond acceptors (Lipinski definition) is 2. The Morgan fingerprint density at radius 2 is 2.30 bits per heavy atom. The van der Waals surface area contributed by atoms with Crippen molar-refractivity contribution in [3.63, 3.8) is 0 Å². The minimum Gasteiger partial charge on any atom is -0.371 e. The summed E-state index contributed by atoms with van der Waals surface area (Å²) in [7, 11) is 1.50. The van der Waals surface area contributed by atoms with E-state index >= 15 is 0 Å². The molecular weight excluding hydrogens is 128 g/mol. The minimum absolute atomic E-state index is 0.162. The summed E-state index contributed by atoms with van der Waals surface area (Å²) in [5.74, 6) is 2.30. The van der Waals surface area contributed by atoms with Gasteiger partial charge in [0.25, 0.3) is 0 Å². The van der Waals surface area contributed by atoms with E-state index in [4.69, 9.17) is 6.42 Å². The molecule has 3 nitrogen and oxygen atoms in total. The van der Waals surface area contributed by atoms with Gasteiger partial charge in [0.05, 0.1) is 0 Å². The summed E-state index contributed by atoms with van der Waals surface area (Å²) in [6, 6.07) is 0. The summed E-state index contributed by atoms with van der Waals surface area (Å²) in [6.45, 7) is 4.64. The molecule has 3 heteroatoms. The zero-order valence-electron chi connectivity index (χ0n) is 6.13. The number of hydrogen-bond donors (Lipinski definition) is 1. The molecule has 0 aromatic heterocycles. The summed E-state index contributed by atoms with van der Waals surface area (Å²) in [6.07, 6.45) is 4.99. The van der Waals surface area contributed by atoms with Gasteiger partial charge in [-0.2, -0.15) is 0 Å². The summed E-state index contributed by atoms with van der Waals surface area (Å²) in [5, 5.41) is 9.28. The lowest BCUT2D eigenvalue weighted by Crippen LogP contribution is -2.31. The molecule has 54 valence electrons. The Morgan fingerprint density at radius 3 is 2.40 bits per heavy atom. The van der Waals surface area contributed by atoms with E-state index in [1.807, 2.05) is 0 Å². The maximum Gasteiger partial charge on any atom is 0.181 e. The molecule has 0 spiro atoms. The van der Waals surface area contributed by atoms with E-state index < -0.39 is 5.60 Å². The largest absolute Gasteiger partial charge is 0.371 e. The molecule has 0 bridgehead atoms. The highest BCUT2D eigenvalue weighted by Gasteiger charge is 2.22. The van der Waals surface area contributed by atoms with Crippen LogP contribution in [-0.2, 0) is 0 Å². The van der Waals surface area contributed by atoms with Crippen LogP contribution < -0.4 is 0 Å². The van der Waals surface area contributed by atoms with Crippen molar-refractivity contribution in [3.05, 3.63) is 0 Å². The van der Waals surface area contributed by atoms with Gasteiger partial charge in [-0.25, -0.2) is 4.99 Å². The molecule has 0 amide bonds. The van der Waals surface area contributed by atoms with Gasteiger partial charge in [-0.1, -0.05) is 5.92 Å². The number of rotatable bonds is 1. The van der Waals surface area contributed by atoms with Crippen LogP contribution in [0.3, 0.4) is 0 Å². The van der Waals surface area contributed by atoms with E-state index in [1.54, 1.807) is 0 Å². The van der Waals surface area contributed by atoms with E-state index in [0.29, 0.717) is 0 Å². The van der Waals surface area contributed by atoms with Gasteiger partial charge < -0.3 is 5.11 Å². The summed E-state index contributed by atoms with van der Waals surface area (Å²) in [4.78, 5) is 7.10. The lowest BCUT2D eigenvalue weighted by atomic mass is 10.1. The fourth-order valence-electron chi connectivity index (χ4n) is 0.507. The Hall–Kier alpha value is -1.14. The molecule has 0 unspecified atom stereocenters. The SMILES string of the molecule is C#C[C@@](C)(O)C(N=C)=NC. The number of terminal acetylenes is 1. The number of aliphatic imine (C=N–C) groups is 2. The van der Waals surface area contributed by atoms with Crippen molar-refractivity contribution in [2.24, 2.45) is 9.98 Å². The third-order valence-electron chi connectivity index (χ3n) is 1.08. The minimum atomic E-state index is -1.39. The quantitative estimate of drug-likeness (QED) is 0.312. The van der Waals surface area contributed by atoms with Crippen LogP contribution in [0.2, 0.25) is 0 Å². The molecule has 0 rings (SSSR count). The highest BCUT2D eigenvalue weighted by molar-refractivity contribution is 5.95. The predicted octanol–water partition coefficient (Wildman–Crippen LogP) is 0.0995. The number of amidine groups is 1. The van der Waals surface area contributed by atoms with Gasteiger partial charge in [-0.3, -0.25) is 4.99 Å². The van der Waals surface area contributed by atoms with Crippen molar-refractivity contribution < 1.29 is 5.11 Å². The standard InChI is InChI=1S/C7H10N2O/c1-5-7(2,10)6(8-3)9-4/h1,10H,3H2,2,4H3/t7-/m1/s1. The highest BCUT2D eigenvalue weighted by Crippen LogP contribution is 2.04. The molecule has 0 aliphatic rings. The van der Waals surface area contributed by atoms with Crippen molar-refractivity contribution in [2.45, 2.75) is 12.5 Å². The summed E-state index contributed by atoms with van der Waals surface area (Å²) >= 11 is 0. The van der Waals surface area contributed by atoms with E-state index in [-0.39, 0.29) is 5.84 Å². The third kappa shape index (κ3) is 1.67. The van der Waals surface area contributed by atoms with Gasteiger partial charge in [0.2, 0.25) is 0 Å².